The molecule has 2 amide bonds. The maximum Gasteiger partial charge on any atom is 0.331 e. The van der Waals surface area contributed by atoms with Gasteiger partial charge in [-0.25, -0.2) is 14.0 Å². The van der Waals surface area contributed by atoms with Gasteiger partial charge in [0.15, 0.2) is 0 Å². The van der Waals surface area contributed by atoms with Crippen LogP contribution in [0.25, 0.3) is 10.9 Å². The monoisotopic (exact) mass is 588 g/mol. The highest BCUT2D eigenvalue weighted by Gasteiger charge is 2.27. The van der Waals surface area contributed by atoms with Crippen molar-refractivity contribution in [1.29, 1.82) is 0 Å². The third-order valence-corrected chi connectivity index (χ3v) is 7.59. The Morgan fingerprint density at radius 3 is 2.73 bits per heavy atom. The van der Waals surface area contributed by atoms with E-state index in [9.17, 15) is 14.4 Å². The van der Waals surface area contributed by atoms with E-state index in [1.165, 1.54) is 20.1 Å². The number of nitrogens with zero attached hydrogens (tertiary/aromatic N) is 3. The van der Waals surface area contributed by atoms with Gasteiger partial charge in [-0.1, -0.05) is 11.6 Å². The Kier molecular flexibility index (Phi) is 8.52. The van der Waals surface area contributed by atoms with Gasteiger partial charge in [-0.15, -0.1) is 0 Å². The van der Waals surface area contributed by atoms with Crippen LogP contribution in [-0.4, -0.2) is 59.2 Å². The number of fused-ring (bicyclic) bond motifs is 1. The topological polar surface area (TPSA) is 133 Å². The Morgan fingerprint density at radius 2 is 2.02 bits per heavy atom. The zero-order chi connectivity index (χ0) is 29.3. The molecule has 1 saturated heterocycles. The minimum atomic E-state index is -0.735. The Morgan fingerprint density at radius 1 is 1.24 bits per heavy atom. The van der Waals surface area contributed by atoms with Crippen LogP contribution in [0.4, 0.5) is 26.2 Å². The van der Waals surface area contributed by atoms with Gasteiger partial charge in [0.2, 0.25) is 0 Å². The molecule has 13 heteroatoms. The second-order valence-electron chi connectivity index (χ2n) is 10.8. The summed E-state index contributed by atoms with van der Waals surface area (Å²) >= 11 is 6.03. The summed E-state index contributed by atoms with van der Waals surface area (Å²) in [4.78, 5) is 41.0. The number of urea groups is 1. The molecule has 1 aliphatic carbocycles. The lowest BCUT2D eigenvalue weighted by molar-refractivity contribution is -0.0547. The van der Waals surface area contributed by atoms with Gasteiger partial charge in [0.1, 0.15) is 12.5 Å². The van der Waals surface area contributed by atoms with Crippen molar-refractivity contribution in [2.75, 3.05) is 49.4 Å². The summed E-state index contributed by atoms with van der Waals surface area (Å²) < 4.78 is 29.3. The fraction of sp³-hybridized carbons (Fsp3) is 0.464. The van der Waals surface area contributed by atoms with Crippen molar-refractivity contribution in [3.8, 4) is 0 Å². The van der Waals surface area contributed by atoms with Gasteiger partial charge in [0.05, 0.1) is 53.2 Å². The zero-order valence-electron chi connectivity index (χ0n) is 23.0. The number of amides is 2. The average Bonchev–Trinajstić information content (AvgIpc) is 3.76. The molecule has 3 aromatic rings. The van der Waals surface area contributed by atoms with Gasteiger partial charge < -0.3 is 30.7 Å². The smallest absolute Gasteiger partial charge is 0.331 e. The Labute approximate surface area is 241 Å². The van der Waals surface area contributed by atoms with Gasteiger partial charge in [0.25, 0.3) is 5.56 Å². The summed E-state index contributed by atoms with van der Waals surface area (Å²) in [6, 6.07) is 6.82. The lowest BCUT2D eigenvalue weighted by atomic mass is 10.2. The summed E-state index contributed by atoms with van der Waals surface area (Å²) in [5, 5.41) is 6.29. The molecule has 0 unspecified atom stereocenters. The van der Waals surface area contributed by atoms with Crippen LogP contribution < -0.4 is 27.6 Å². The van der Waals surface area contributed by atoms with Gasteiger partial charge in [0, 0.05) is 30.9 Å². The van der Waals surface area contributed by atoms with Crippen LogP contribution in [0.5, 0.6) is 0 Å². The second-order valence-corrected chi connectivity index (χ2v) is 11.2. The van der Waals surface area contributed by atoms with Crippen molar-refractivity contribution in [3.05, 3.63) is 62.0 Å². The highest BCUT2D eigenvalue weighted by atomic mass is 35.5. The molecule has 2 aromatic carbocycles. The standard InChI is InChI=1S/C28H34ClFN6O5/c1-16(2)36-25-11-22(30)24(10-20(25)26(37)35(28(36)39)12-17-3-4-17)33-27(38)34-7-8-41-19(13-34)14-40-15-32-18-5-6-23(31)21(29)9-18/h5-6,9-11,16-17,19,32H,3-4,7-8,12-15,31H2,1-2H3,(H,33,38)/t19-/m1/s1. The number of carbonyl (C=O) groups is 1. The van der Waals surface area contributed by atoms with Gasteiger partial charge in [-0.05, 0) is 56.9 Å². The molecule has 1 saturated carbocycles. The molecule has 0 spiro atoms. The fourth-order valence-corrected chi connectivity index (χ4v) is 5.05. The maximum atomic E-state index is 15.2. The molecule has 1 aromatic heterocycles. The van der Waals surface area contributed by atoms with Crippen molar-refractivity contribution in [2.24, 2.45) is 5.92 Å². The van der Waals surface area contributed by atoms with E-state index in [1.807, 2.05) is 13.8 Å². The van der Waals surface area contributed by atoms with E-state index >= 15 is 4.39 Å². The molecule has 4 N–H and O–H groups in total. The number of benzene rings is 2. The predicted octanol–water partition coefficient (Wildman–Crippen LogP) is 3.85. The molecular weight excluding hydrogens is 555 g/mol. The number of anilines is 3. The van der Waals surface area contributed by atoms with E-state index in [0.717, 1.165) is 24.6 Å². The SMILES string of the molecule is CC(C)n1c(=O)n(CC2CC2)c(=O)c2cc(NC(=O)N3CCO[C@@H](COCNc4ccc(N)c(Cl)c4)C3)c(F)cc21. The Bertz CT molecular complexity index is 1570. The normalized spacial score (nSPS) is 17.3. The first-order chi connectivity index (χ1) is 19.6. The Hall–Kier alpha value is -3.61. The molecule has 2 heterocycles. The first kappa shape index (κ1) is 28.9. The van der Waals surface area contributed by atoms with Gasteiger partial charge >= 0.3 is 11.7 Å². The number of nitrogen functional groups attached to an aromatic ring is 1. The number of nitrogens with two attached hydrogens (primary N) is 1. The van der Waals surface area contributed by atoms with E-state index in [0.29, 0.717) is 29.7 Å². The number of halogens is 2. The van der Waals surface area contributed by atoms with E-state index in [4.69, 9.17) is 26.8 Å². The number of ether oxygens (including phenoxy) is 2. The number of morpholine rings is 1. The van der Waals surface area contributed by atoms with E-state index in [2.05, 4.69) is 10.6 Å². The highest BCUT2D eigenvalue weighted by molar-refractivity contribution is 6.33. The molecule has 1 aliphatic heterocycles. The molecule has 220 valence electrons. The summed E-state index contributed by atoms with van der Waals surface area (Å²) in [5.74, 6) is -0.440. The number of carbonyl (C=O) groups excluding carboxylic acids is 1. The van der Waals surface area contributed by atoms with Crippen molar-refractivity contribution >= 4 is 45.6 Å². The third-order valence-electron chi connectivity index (χ3n) is 7.26. The van der Waals surface area contributed by atoms with E-state index < -0.39 is 23.1 Å². The summed E-state index contributed by atoms with van der Waals surface area (Å²) in [6.07, 6.45) is 1.55. The van der Waals surface area contributed by atoms with Crippen LogP contribution in [0.2, 0.25) is 5.02 Å². The molecule has 0 radical (unpaired) electrons. The minimum Gasteiger partial charge on any atom is -0.398 e. The maximum absolute atomic E-state index is 15.2. The number of rotatable bonds is 9. The number of hydrogen-bond acceptors (Lipinski definition) is 7. The van der Waals surface area contributed by atoms with Crippen LogP contribution >= 0.6 is 11.6 Å². The first-order valence-corrected chi connectivity index (χ1v) is 14.0. The first-order valence-electron chi connectivity index (χ1n) is 13.6. The highest BCUT2D eigenvalue weighted by Crippen LogP contribution is 2.30. The van der Waals surface area contributed by atoms with Crippen LogP contribution in [0.15, 0.2) is 39.9 Å². The molecule has 5 rings (SSSR count). The van der Waals surface area contributed by atoms with E-state index in [1.54, 1.807) is 18.2 Å². The quantitative estimate of drug-likeness (QED) is 0.196. The third kappa shape index (κ3) is 6.50. The molecule has 41 heavy (non-hydrogen) atoms. The van der Waals surface area contributed by atoms with Gasteiger partial charge in [-0.3, -0.25) is 13.9 Å². The molecule has 2 aliphatic rings. The van der Waals surface area contributed by atoms with Crippen LogP contribution in [0.1, 0.15) is 32.7 Å². The zero-order valence-corrected chi connectivity index (χ0v) is 23.7. The second kappa shape index (κ2) is 12.1. The van der Waals surface area contributed by atoms with Crippen molar-refractivity contribution in [1.82, 2.24) is 14.0 Å². The van der Waals surface area contributed by atoms with E-state index in [-0.39, 0.29) is 55.2 Å². The molecule has 0 bridgehead atoms. The van der Waals surface area contributed by atoms with Crippen molar-refractivity contribution in [3.63, 3.8) is 0 Å². The Balaban J connectivity index is 1.25. The lowest BCUT2D eigenvalue weighted by Crippen LogP contribution is -2.49. The molecule has 2 fully saturated rings. The number of aromatic nitrogens is 2. The average molecular weight is 589 g/mol. The number of nitrogens with one attached hydrogen (secondary N) is 2. The fourth-order valence-electron chi connectivity index (χ4n) is 4.87. The summed E-state index contributed by atoms with van der Waals surface area (Å²) in [7, 11) is 0. The molecular formula is C28H34ClFN6O5. The predicted molar refractivity (Wildman–Crippen MR) is 156 cm³/mol. The molecule has 1 atom stereocenters. The van der Waals surface area contributed by atoms with Crippen LogP contribution in [0, 0.1) is 11.7 Å². The summed E-state index contributed by atoms with van der Waals surface area (Å²) in [6.45, 7) is 5.18. The van der Waals surface area contributed by atoms with Gasteiger partial charge in [-0.2, -0.15) is 0 Å². The van der Waals surface area contributed by atoms with Crippen LogP contribution in [0.3, 0.4) is 0 Å². The van der Waals surface area contributed by atoms with Crippen LogP contribution in [-0.2, 0) is 16.0 Å². The molecule has 11 nitrogen and oxygen atoms in total. The van der Waals surface area contributed by atoms with Crippen molar-refractivity contribution < 1.29 is 18.7 Å². The minimum absolute atomic E-state index is 0.128. The number of hydrogen-bond donors (Lipinski definition) is 3. The summed E-state index contributed by atoms with van der Waals surface area (Å²) in [5.41, 5.74) is 6.09. The van der Waals surface area contributed by atoms with Crippen molar-refractivity contribution in [2.45, 2.75) is 45.4 Å². The largest absolute Gasteiger partial charge is 0.398 e. The lowest BCUT2D eigenvalue weighted by Gasteiger charge is -2.33.